The van der Waals surface area contributed by atoms with E-state index in [1.54, 1.807) is 30.5 Å². The van der Waals surface area contributed by atoms with E-state index in [0.29, 0.717) is 11.6 Å². The van der Waals surface area contributed by atoms with E-state index in [1.807, 2.05) is 0 Å². The molecule has 3 rings (SSSR count). The lowest BCUT2D eigenvalue weighted by molar-refractivity contribution is 0.102. The Labute approximate surface area is 142 Å². The van der Waals surface area contributed by atoms with Crippen LogP contribution < -0.4 is 14.8 Å². The van der Waals surface area contributed by atoms with Crippen LogP contribution in [-0.2, 0) is 0 Å². The molecule has 0 aliphatic rings. The second kappa shape index (κ2) is 7.00. The molecule has 0 aliphatic carbocycles. The van der Waals surface area contributed by atoms with Gasteiger partial charge in [0.1, 0.15) is 11.4 Å². The topological polar surface area (TPSA) is 89.1 Å². The number of carbonyl (C=O) groups is 1. The van der Waals surface area contributed by atoms with Crippen molar-refractivity contribution in [2.75, 3.05) is 19.5 Å². The lowest BCUT2D eigenvalue weighted by atomic mass is 10.2. The van der Waals surface area contributed by atoms with E-state index in [9.17, 15) is 9.18 Å². The third kappa shape index (κ3) is 3.57. The smallest absolute Gasteiger partial charge is 0.263 e. The summed E-state index contributed by atoms with van der Waals surface area (Å²) in [6.07, 6.45) is 1.55. The quantitative estimate of drug-likeness (QED) is 0.744. The average molecular weight is 342 g/mol. The Morgan fingerprint density at radius 3 is 2.56 bits per heavy atom. The zero-order valence-corrected chi connectivity index (χ0v) is 13.5. The molecule has 0 unspecified atom stereocenters. The van der Waals surface area contributed by atoms with Crippen molar-refractivity contribution >= 4 is 11.9 Å². The van der Waals surface area contributed by atoms with E-state index in [2.05, 4.69) is 20.3 Å². The molecule has 0 radical (unpaired) electrons. The van der Waals surface area contributed by atoms with Crippen LogP contribution in [0.15, 0.2) is 42.6 Å². The number of aromatic nitrogens is 3. The lowest BCUT2D eigenvalue weighted by Gasteiger charge is -2.08. The molecule has 1 amide bonds. The van der Waals surface area contributed by atoms with Gasteiger partial charge in [-0.1, -0.05) is 0 Å². The Balaban J connectivity index is 1.79. The Kier molecular flexibility index (Phi) is 4.60. The number of H-pyrrole nitrogens is 1. The molecule has 2 N–H and O–H groups in total. The van der Waals surface area contributed by atoms with Gasteiger partial charge in [0.25, 0.3) is 5.91 Å². The van der Waals surface area contributed by atoms with Crippen LogP contribution in [0.3, 0.4) is 0 Å². The number of nitrogens with zero attached hydrogens (tertiary/aromatic N) is 2. The number of imidazole rings is 1. The molecule has 0 bridgehead atoms. The highest BCUT2D eigenvalue weighted by Crippen LogP contribution is 2.22. The minimum atomic E-state index is -0.438. The molecule has 0 spiro atoms. The van der Waals surface area contributed by atoms with Crippen LogP contribution in [0, 0.1) is 5.82 Å². The molecule has 2 heterocycles. The fourth-order valence-corrected chi connectivity index (χ4v) is 2.20. The summed E-state index contributed by atoms with van der Waals surface area (Å²) in [6, 6.07) is 9.04. The van der Waals surface area contributed by atoms with Crippen molar-refractivity contribution < 1.29 is 18.7 Å². The van der Waals surface area contributed by atoms with Crippen LogP contribution in [-0.4, -0.2) is 35.1 Å². The maximum absolute atomic E-state index is 13.0. The molecule has 3 aromatic rings. The third-order valence-electron chi connectivity index (χ3n) is 3.44. The van der Waals surface area contributed by atoms with Gasteiger partial charge in [-0.15, -0.1) is 0 Å². The third-order valence-corrected chi connectivity index (χ3v) is 3.44. The first-order chi connectivity index (χ1) is 12.1. The molecule has 0 aliphatic heterocycles. The number of aromatic amines is 1. The SMILES string of the molecule is COc1ccc(C(=O)Nc2ncc(-c3ccc(F)cc3)[nH]2)c(OC)n1. The van der Waals surface area contributed by atoms with Gasteiger partial charge in [0, 0.05) is 6.07 Å². The maximum atomic E-state index is 13.0. The fraction of sp³-hybridized carbons (Fsp3) is 0.118. The first kappa shape index (κ1) is 16.4. The van der Waals surface area contributed by atoms with E-state index in [1.165, 1.54) is 26.4 Å². The summed E-state index contributed by atoms with van der Waals surface area (Å²) in [6.45, 7) is 0. The second-order valence-electron chi connectivity index (χ2n) is 5.02. The molecule has 0 atom stereocenters. The minimum Gasteiger partial charge on any atom is -0.481 e. The number of hydrogen-bond acceptors (Lipinski definition) is 5. The normalized spacial score (nSPS) is 10.4. The number of ether oxygens (including phenoxy) is 2. The minimum absolute atomic E-state index is 0.141. The molecule has 0 saturated carbocycles. The van der Waals surface area contributed by atoms with Crippen LogP contribution >= 0.6 is 0 Å². The van der Waals surface area contributed by atoms with Crippen LogP contribution in [0.5, 0.6) is 11.8 Å². The van der Waals surface area contributed by atoms with E-state index in [0.717, 1.165) is 5.56 Å². The monoisotopic (exact) mass is 342 g/mol. The van der Waals surface area contributed by atoms with Gasteiger partial charge in [-0.2, -0.15) is 4.98 Å². The van der Waals surface area contributed by atoms with Gasteiger partial charge < -0.3 is 14.5 Å². The van der Waals surface area contributed by atoms with Gasteiger partial charge in [0.15, 0.2) is 0 Å². The number of nitrogens with one attached hydrogen (secondary N) is 2. The zero-order valence-electron chi connectivity index (χ0n) is 13.5. The maximum Gasteiger partial charge on any atom is 0.263 e. The van der Waals surface area contributed by atoms with Gasteiger partial charge in [-0.05, 0) is 35.9 Å². The molecule has 0 saturated heterocycles. The van der Waals surface area contributed by atoms with Gasteiger partial charge >= 0.3 is 0 Å². The predicted molar refractivity (Wildman–Crippen MR) is 89.3 cm³/mol. The highest BCUT2D eigenvalue weighted by Gasteiger charge is 2.16. The van der Waals surface area contributed by atoms with Crippen molar-refractivity contribution in [2.24, 2.45) is 0 Å². The standard InChI is InChI=1S/C17H15FN4O3/c1-24-14-8-7-12(16(21-14)25-2)15(23)22-17-19-9-13(20-17)10-3-5-11(18)6-4-10/h3-9H,1-2H3,(H2,19,20,22,23). The number of amides is 1. The number of pyridine rings is 1. The van der Waals surface area contributed by atoms with Gasteiger partial charge in [-0.3, -0.25) is 10.1 Å². The number of methoxy groups -OCH3 is 2. The molecular formula is C17H15FN4O3. The predicted octanol–water partition coefficient (Wildman–Crippen LogP) is 2.88. The van der Waals surface area contributed by atoms with Gasteiger partial charge in [0.05, 0.1) is 26.1 Å². The fourth-order valence-electron chi connectivity index (χ4n) is 2.20. The molecular weight excluding hydrogens is 327 g/mol. The van der Waals surface area contributed by atoms with E-state index in [4.69, 9.17) is 9.47 Å². The van der Waals surface area contributed by atoms with Crippen LogP contribution in [0.4, 0.5) is 10.3 Å². The number of benzene rings is 1. The first-order valence-corrected chi connectivity index (χ1v) is 7.32. The lowest BCUT2D eigenvalue weighted by Crippen LogP contribution is -2.15. The Hall–Kier alpha value is -3.42. The molecule has 128 valence electrons. The number of anilines is 1. The Morgan fingerprint density at radius 1 is 1.12 bits per heavy atom. The van der Waals surface area contributed by atoms with Crippen molar-refractivity contribution in [3.05, 3.63) is 54.0 Å². The summed E-state index contributed by atoms with van der Waals surface area (Å²) in [7, 11) is 2.89. The van der Waals surface area contributed by atoms with Crippen molar-refractivity contribution in [3.63, 3.8) is 0 Å². The van der Waals surface area contributed by atoms with E-state index >= 15 is 0 Å². The van der Waals surface area contributed by atoms with Crippen LogP contribution in [0.2, 0.25) is 0 Å². The first-order valence-electron chi connectivity index (χ1n) is 7.32. The second-order valence-corrected chi connectivity index (χ2v) is 5.02. The summed E-state index contributed by atoms with van der Waals surface area (Å²) in [5.74, 6) is -0.0303. The van der Waals surface area contributed by atoms with Crippen molar-refractivity contribution in [1.82, 2.24) is 15.0 Å². The Bertz CT molecular complexity index is 893. The summed E-state index contributed by atoms with van der Waals surface area (Å²) in [5.41, 5.74) is 1.64. The number of carbonyl (C=O) groups excluding carboxylic acids is 1. The summed E-state index contributed by atoms with van der Waals surface area (Å²) in [5, 5.41) is 2.63. The average Bonchev–Trinajstić information content (AvgIpc) is 3.10. The number of hydrogen-bond donors (Lipinski definition) is 2. The van der Waals surface area contributed by atoms with Crippen LogP contribution in [0.25, 0.3) is 11.3 Å². The molecule has 0 fully saturated rings. The molecule has 25 heavy (non-hydrogen) atoms. The zero-order chi connectivity index (χ0) is 17.8. The molecule has 2 aromatic heterocycles. The van der Waals surface area contributed by atoms with Crippen molar-refractivity contribution in [1.29, 1.82) is 0 Å². The number of halogens is 1. The van der Waals surface area contributed by atoms with Gasteiger partial charge in [0.2, 0.25) is 17.7 Å². The molecule has 7 nitrogen and oxygen atoms in total. The molecule has 8 heteroatoms. The van der Waals surface area contributed by atoms with Gasteiger partial charge in [-0.25, -0.2) is 9.37 Å². The largest absolute Gasteiger partial charge is 0.481 e. The van der Waals surface area contributed by atoms with Crippen molar-refractivity contribution in [2.45, 2.75) is 0 Å². The highest BCUT2D eigenvalue weighted by molar-refractivity contribution is 6.05. The van der Waals surface area contributed by atoms with E-state index in [-0.39, 0.29) is 23.2 Å². The molecule has 1 aromatic carbocycles. The van der Waals surface area contributed by atoms with E-state index < -0.39 is 5.91 Å². The highest BCUT2D eigenvalue weighted by atomic mass is 19.1. The number of rotatable bonds is 5. The van der Waals surface area contributed by atoms with Crippen molar-refractivity contribution in [3.8, 4) is 23.0 Å². The summed E-state index contributed by atoms with van der Waals surface area (Å²) in [4.78, 5) is 23.5. The summed E-state index contributed by atoms with van der Waals surface area (Å²) < 4.78 is 23.1. The summed E-state index contributed by atoms with van der Waals surface area (Å²) >= 11 is 0. The Morgan fingerprint density at radius 2 is 1.88 bits per heavy atom. The van der Waals surface area contributed by atoms with Crippen LogP contribution in [0.1, 0.15) is 10.4 Å².